The summed E-state index contributed by atoms with van der Waals surface area (Å²) in [5.41, 5.74) is 7.77. The molecule has 0 aliphatic carbocycles. The predicted molar refractivity (Wildman–Crippen MR) is 60.0 cm³/mol. The van der Waals surface area contributed by atoms with Crippen LogP contribution in [0.15, 0.2) is 18.5 Å². The molecule has 15 heavy (non-hydrogen) atoms. The first kappa shape index (κ1) is 9.98. The van der Waals surface area contributed by atoms with Crippen LogP contribution in [0, 0.1) is 0 Å². The van der Waals surface area contributed by atoms with Crippen LogP contribution in [-0.4, -0.2) is 23.2 Å². The molecule has 2 aromatic heterocycles. The number of aromatic nitrogens is 2. The summed E-state index contributed by atoms with van der Waals surface area (Å²) in [7, 11) is 3.64. The van der Waals surface area contributed by atoms with Crippen molar-refractivity contribution in [3.8, 4) is 5.75 Å². The van der Waals surface area contributed by atoms with Crippen molar-refractivity contribution in [2.75, 3.05) is 13.7 Å². The molecule has 0 radical (unpaired) electrons. The van der Waals surface area contributed by atoms with Gasteiger partial charge in [0, 0.05) is 18.6 Å². The van der Waals surface area contributed by atoms with Crippen LogP contribution in [-0.2, 0) is 13.5 Å². The molecular weight excluding hydrogens is 190 g/mol. The summed E-state index contributed by atoms with van der Waals surface area (Å²) in [6, 6.07) is 2.01. The van der Waals surface area contributed by atoms with E-state index in [1.54, 1.807) is 13.3 Å². The zero-order valence-electron chi connectivity index (χ0n) is 9.03. The number of nitrogens with zero attached hydrogens (tertiary/aromatic N) is 2. The molecule has 0 aliphatic heterocycles. The largest absolute Gasteiger partial charge is 0.495 e. The summed E-state index contributed by atoms with van der Waals surface area (Å²) in [4.78, 5) is 4.35. The Morgan fingerprint density at radius 3 is 3.00 bits per heavy atom. The van der Waals surface area contributed by atoms with Gasteiger partial charge in [-0.25, -0.2) is 4.98 Å². The van der Waals surface area contributed by atoms with E-state index in [1.807, 2.05) is 17.7 Å². The maximum absolute atomic E-state index is 5.57. The van der Waals surface area contributed by atoms with E-state index in [0.29, 0.717) is 6.54 Å². The molecule has 0 aromatic carbocycles. The van der Waals surface area contributed by atoms with E-state index in [2.05, 4.69) is 11.2 Å². The highest BCUT2D eigenvalue weighted by molar-refractivity contribution is 5.81. The number of ether oxygens (including phenoxy) is 1. The summed E-state index contributed by atoms with van der Waals surface area (Å²) < 4.78 is 7.18. The van der Waals surface area contributed by atoms with Gasteiger partial charge in [0.05, 0.1) is 13.3 Å². The highest BCUT2D eigenvalue weighted by Crippen LogP contribution is 2.23. The Labute approximate surface area is 88.7 Å². The SMILES string of the molecule is COc1cnc2c(c1)c(CCN)cn2C. The highest BCUT2D eigenvalue weighted by atomic mass is 16.5. The lowest BCUT2D eigenvalue weighted by Crippen LogP contribution is -2.02. The van der Waals surface area contributed by atoms with Gasteiger partial charge in [-0.05, 0) is 24.6 Å². The van der Waals surface area contributed by atoms with Crippen LogP contribution in [0.5, 0.6) is 5.75 Å². The zero-order chi connectivity index (χ0) is 10.8. The van der Waals surface area contributed by atoms with Gasteiger partial charge in [0.2, 0.25) is 0 Å². The molecule has 2 aromatic rings. The Bertz CT molecular complexity index is 476. The number of aryl methyl sites for hydroxylation is 1. The van der Waals surface area contributed by atoms with Crippen molar-refractivity contribution in [1.29, 1.82) is 0 Å². The minimum Gasteiger partial charge on any atom is -0.495 e. The Balaban J connectivity index is 2.60. The number of pyridine rings is 1. The van der Waals surface area contributed by atoms with Gasteiger partial charge in [0.25, 0.3) is 0 Å². The lowest BCUT2D eigenvalue weighted by atomic mass is 10.1. The standard InChI is InChI=1S/C11H15N3O/c1-14-7-8(3-4-12)10-5-9(15-2)6-13-11(10)14/h5-7H,3-4,12H2,1-2H3. The Hall–Kier alpha value is -1.55. The van der Waals surface area contributed by atoms with E-state index in [9.17, 15) is 0 Å². The quantitative estimate of drug-likeness (QED) is 0.815. The molecule has 2 N–H and O–H groups in total. The second kappa shape index (κ2) is 3.90. The fraction of sp³-hybridized carbons (Fsp3) is 0.364. The molecule has 0 bridgehead atoms. The topological polar surface area (TPSA) is 53.1 Å². The Kier molecular flexibility index (Phi) is 2.60. The maximum atomic E-state index is 5.57. The second-order valence-corrected chi connectivity index (χ2v) is 3.55. The molecule has 80 valence electrons. The first-order valence-electron chi connectivity index (χ1n) is 4.94. The lowest BCUT2D eigenvalue weighted by Gasteiger charge is -2.00. The first-order valence-corrected chi connectivity index (χ1v) is 4.94. The van der Waals surface area contributed by atoms with Gasteiger partial charge in [-0.2, -0.15) is 0 Å². The fourth-order valence-electron chi connectivity index (χ4n) is 1.79. The molecule has 0 fully saturated rings. The first-order chi connectivity index (χ1) is 7.26. The van der Waals surface area contributed by atoms with Gasteiger partial charge in [0.15, 0.2) is 0 Å². The van der Waals surface area contributed by atoms with Gasteiger partial charge in [0.1, 0.15) is 11.4 Å². The van der Waals surface area contributed by atoms with Crippen molar-refractivity contribution in [1.82, 2.24) is 9.55 Å². The molecule has 0 saturated carbocycles. The minimum absolute atomic E-state index is 0.649. The summed E-state index contributed by atoms with van der Waals surface area (Å²) >= 11 is 0. The van der Waals surface area contributed by atoms with Crippen molar-refractivity contribution >= 4 is 11.0 Å². The molecule has 0 saturated heterocycles. The molecule has 4 heteroatoms. The van der Waals surface area contributed by atoms with Crippen LogP contribution in [0.4, 0.5) is 0 Å². The number of hydrogen-bond donors (Lipinski definition) is 1. The summed E-state index contributed by atoms with van der Waals surface area (Å²) in [6.45, 7) is 0.649. The summed E-state index contributed by atoms with van der Waals surface area (Å²) in [6.07, 6.45) is 4.67. The van der Waals surface area contributed by atoms with Gasteiger partial charge in [-0.3, -0.25) is 0 Å². The van der Waals surface area contributed by atoms with Crippen LogP contribution >= 0.6 is 0 Å². The molecule has 0 aliphatic rings. The van der Waals surface area contributed by atoms with E-state index in [4.69, 9.17) is 10.5 Å². The van der Waals surface area contributed by atoms with E-state index < -0.39 is 0 Å². The van der Waals surface area contributed by atoms with Crippen molar-refractivity contribution in [2.24, 2.45) is 12.8 Å². The fourth-order valence-corrected chi connectivity index (χ4v) is 1.79. The van der Waals surface area contributed by atoms with Crippen LogP contribution in [0.2, 0.25) is 0 Å². The van der Waals surface area contributed by atoms with E-state index in [-0.39, 0.29) is 0 Å². The van der Waals surface area contributed by atoms with Crippen LogP contribution in [0.1, 0.15) is 5.56 Å². The third-order valence-corrected chi connectivity index (χ3v) is 2.52. The van der Waals surface area contributed by atoms with Gasteiger partial charge in [-0.1, -0.05) is 0 Å². The number of hydrogen-bond acceptors (Lipinski definition) is 3. The summed E-state index contributed by atoms with van der Waals surface area (Å²) in [5, 5.41) is 1.13. The molecule has 0 atom stereocenters. The molecule has 2 heterocycles. The number of fused-ring (bicyclic) bond motifs is 1. The second-order valence-electron chi connectivity index (χ2n) is 3.55. The number of methoxy groups -OCH3 is 1. The average molecular weight is 205 g/mol. The third-order valence-electron chi connectivity index (χ3n) is 2.52. The lowest BCUT2D eigenvalue weighted by molar-refractivity contribution is 0.413. The van der Waals surface area contributed by atoms with Crippen molar-refractivity contribution in [2.45, 2.75) is 6.42 Å². The van der Waals surface area contributed by atoms with Crippen molar-refractivity contribution in [3.05, 3.63) is 24.0 Å². The van der Waals surface area contributed by atoms with Crippen LogP contribution in [0.25, 0.3) is 11.0 Å². The van der Waals surface area contributed by atoms with E-state index in [0.717, 1.165) is 23.2 Å². The predicted octanol–water partition coefficient (Wildman–Crippen LogP) is 1.08. The Morgan fingerprint density at radius 2 is 2.33 bits per heavy atom. The van der Waals surface area contributed by atoms with Crippen LogP contribution < -0.4 is 10.5 Å². The number of nitrogens with two attached hydrogens (primary N) is 1. The van der Waals surface area contributed by atoms with Gasteiger partial charge in [-0.15, -0.1) is 0 Å². The van der Waals surface area contributed by atoms with Crippen molar-refractivity contribution in [3.63, 3.8) is 0 Å². The maximum Gasteiger partial charge on any atom is 0.140 e. The van der Waals surface area contributed by atoms with E-state index >= 15 is 0 Å². The Morgan fingerprint density at radius 1 is 1.53 bits per heavy atom. The normalized spacial score (nSPS) is 10.9. The highest BCUT2D eigenvalue weighted by Gasteiger charge is 2.07. The van der Waals surface area contributed by atoms with E-state index in [1.165, 1.54) is 5.56 Å². The molecular formula is C11H15N3O. The van der Waals surface area contributed by atoms with Gasteiger partial charge < -0.3 is 15.0 Å². The smallest absolute Gasteiger partial charge is 0.140 e. The van der Waals surface area contributed by atoms with Crippen molar-refractivity contribution < 1.29 is 4.74 Å². The molecule has 0 amide bonds. The zero-order valence-corrected chi connectivity index (χ0v) is 9.03. The molecule has 4 nitrogen and oxygen atoms in total. The van der Waals surface area contributed by atoms with Crippen LogP contribution in [0.3, 0.4) is 0 Å². The summed E-state index contributed by atoms with van der Waals surface area (Å²) in [5.74, 6) is 0.784. The third kappa shape index (κ3) is 1.68. The average Bonchev–Trinajstić information content (AvgIpc) is 2.56. The monoisotopic (exact) mass is 205 g/mol. The molecule has 2 rings (SSSR count). The number of rotatable bonds is 3. The molecule has 0 spiro atoms. The van der Waals surface area contributed by atoms with Gasteiger partial charge >= 0.3 is 0 Å². The molecule has 0 unspecified atom stereocenters. The minimum atomic E-state index is 0.649.